The third-order valence-corrected chi connectivity index (χ3v) is 18.3. The van der Waals surface area contributed by atoms with Crippen LogP contribution in [-0.4, -0.2) is 70.0 Å². The van der Waals surface area contributed by atoms with Crippen LogP contribution in [-0.2, 0) is 32.7 Å². The molecule has 9 nitrogen and oxygen atoms in total. The zero-order valence-electron chi connectivity index (χ0n) is 56.7. The average molecular weight is 1200 g/mol. The number of carbonyl (C=O) groups excluding carboxylic acids is 2. The van der Waals surface area contributed by atoms with E-state index in [-0.39, 0.29) is 32.0 Å². The Morgan fingerprint density at radius 3 is 0.771 bits per heavy atom. The van der Waals surface area contributed by atoms with Crippen LogP contribution in [0.5, 0.6) is 0 Å². The van der Waals surface area contributed by atoms with Gasteiger partial charge in [-0.1, -0.05) is 380 Å². The molecule has 0 aromatic rings. The van der Waals surface area contributed by atoms with Crippen LogP contribution in [0.25, 0.3) is 0 Å². The molecule has 2 unspecified atom stereocenters. The molecule has 0 spiro atoms. The maximum Gasteiger partial charge on any atom is 0.306 e. The molecule has 2 atom stereocenters. The number of hydrogen-bond acceptors (Lipinski definition) is 8. The van der Waals surface area contributed by atoms with Crippen LogP contribution in [0.2, 0.25) is 0 Å². The molecule has 83 heavy (non-hydrogen) atoms. The van der Waals surface area contributed by atoms with Gasteiger partial charge >= 0.3 is 11.9 Å². The lowest BCUT2D eigenvalue weighted by molar-refractivity contribution is -0.870. The van der Waals surface area contributed by atoms with Gasteiger partial charge in [-0.15, -0.1) is 0 Å². The molecule has 0 amide bonds. The van der Waals surface area contributed by atoms with Crippen molar-refractivity contribution in [1.29, 1.82) is 0 Å². The lowest BCUT2D eigenvalue weighted by Crippen LogP contribution is -2.37. The molecular weight excluding hydrogens is 1050 g/mol. The predicted octanol–water partition coefficient (Wildman–Crippen LogP) is 23.5. The summed E-state index contributed by atoms with van der Waals surface area (Å²) < 4.78 is 34.3. The van der Waals surface area contributed by atoms with Gasteiger partial charge in [0.2, 0.25) is 0 Å². The molecule has 0 rings (SSSR count). The molecule has 0 aliphatic rings. The molecule has 0 aromatic carbocycles. The van der Waals surface area contributed by atoms with Crippen LogP contribution in [0.3, 0.4) is 0 Å². The number of hydrogen-bond donors (Lipinski definition) is 0. The first-order valence-electron chi connectivity index (χ1n) is 37.2. The van der Waals surface area contributed by atoms with Crippen LogP contribution >= 0.6 is 7.82 Å². The Morgan fingerprint density at radius 1 is 0.325 bits per heavy atom. The van der Waals surface area contributed by atoms with Gasteiger partial charge in [0, 0.05) is 12.8 Å². The zero-order chi connectivity index (χ0) is 60.5. The largest absolute Gasteiger partial charge is 0.756 e. The second kappa shape index (κ2) is 65.5. The number of quaternary nitrogens is 1. The summed E-state index contributed by atoms with van der Waals surface area (Å²) in [6.07, 6.45) is 79.4. The van der Waals surface area contributed by atoms with Crippen molar-refractivity contribution in [3.05, 3.63) is 0 Å². The van der Waals surface area contributed by atoms with Crippen LogP contribution in [0.4, 0.5) is 0 Å². The fraction of sp³-hybridized carbons (Fsp3) is 0.973. The molecular formula is C73H146NO8P. The van der Waals surface area contributed by atoms with Crippen molar-refractivity contribution < 1.29 is 42.1 Å². The van der Waals surface area contributed by atoms with E-state index in [1.165, 1.54) is 340 Å². The van der Waals surface area contributed by atoms with E-state index >= 15 is 0 Å². The summed E-state index contributed by atoms with van der Waals surface area (Å²) >= 11 is 0. The molecule has 10 heteroatoms. The number of phosphoric ester groups is 1. The van der Waals surface area contributed by atoms with Crippen LogP contribution in [0.15, 0.2) is 0 Å². The number of phosphoric acid groups is 1. The highest BCUT2D eigenvalue weighted by Gasteiger charge is 2.22. The van der Waals surface area contributed by atoms with Crippen molar-refractivity contribution in [2.75, 3.05) is 47.5 Å². The van der Waals surface area contributed by atoms with Gasteiger partial charge in [-0.25, -0.2) is 0 Å². The van der Waals surface area contributed by atoms with E-state index in [1.54, 1.807) is 0 Å². The van der Waals surface area contributed by atoms with Gasteiger partial charge in [-0.2, -0.15) is 0 Å². The van der Waals surface area contributed by atoms with Gasteiger partial charge in [-0.3, -0.25) is 14.2 Å². The summed E-state index contributed by atoms with van der Waals surface area (Å²) in [5, 5.41) is 0. The Bertz CT molecular complexity index is 1360. The maximum absolute atomic E-state index is 12.9. The number of ether oxygens (including phenoxy) is 2. The normalized spacial score (nSPS) is 13.0. The molecule has 0 aliphatic heterocycles. The summed E-state index contributed by atoms with van der Waals surface area (Å²) in [5.41, 5.74) is 0. The number of nitrogens with zero attached hydrogens (tertiary/aromatic N) is 1. The second-order valence-corrected chi connectivity index (χ2v) is 28.4. The van der Waals surface area contributed by atoms with Crippen molar-refractivity contribution in [1.82, 2.24) is 0 Å². The van der Waals surface area contributed by atoms with E-state index in [2.05, 4.69) is 13.8 Å². The third kappa shape index (κ3) is 70.0. The van der Waals surface area contributed by atoms with E-state index < -0.39 is 26.5 Å². The fourth-order valence-corrected chi connectivity index (χ4v) is 12.4. The monoisotopic (exact) mass is 1200 g/mol. The van der Waals surface area contributed by atoms with Crippen molar-refractivity contribution >= 4 is 19.8 Å². The third-order valence-electron chi connectivity index (χ3n) is 17.4. The predicted molar refractivity (Wildman–Crippen MR) is 356 cm³/mol. The van der Waals surface area contributed by atoms with Crippen molar-refractivity contribution in [2.45, 2.75) is 412 Å². The smallest absolute Gasteiger partial charge is 0.306 e. The SMILES string of the molecule is CCCCCCCCCCCCCCCCCCCCCCCCCCCCCCCCCCCCCCCCCCCC(=O)OC(COC(=O)CCCCCCCCCCCCCCCCCCCC)COP(=O)([O-])OCC[N+](C)(C)C. The molecule has 0 N–H and O–H groups in total. The lowest BCUT2D eigenvalue weighted by atomic mass is 10.0. The molecule has 0 heterocycles. The van der Waals surface area contributed by atoms with Crippen molar-refractivity contribution in [3.63, 3.8) is 0 Å². The van der Waals surface area contributed by atoms with Crippen LogP contribution in [0.1, 0.15) is 406 Å². The number of unbranched alkanes of at least 4 members (excludes halogenated alkanes) is 57. The zero-order valence-corrected chi connectivity index (χ0v) is 57.6. The summed E-state index contributed by atoms with van der Waals surface area (Å²) in [4.78, 5) is 38.0. The molecule has 0 saturated heterocycles. The minimum Gasteiger partial charge on any atom is -0.756 e. The average Bonchev–Trinajstić information content (AvgIpc) is 3.48. The van der Waals surface area contributed by atoms with E-state index in [4.69, 9.17) is 18.5 Å². The Labute approximate surface area is 518 Å². The van der Waals surface area contributed by atoms with Gasteiger partial charge in [0.1, 0.15) is 19.8 Å². The molecule has 0 bridgehead atoms. The highest BCUT2D eigenvalue weighted by atomic mass is 31.2. The van der Waals surface area contributed by atoms with Crippen LogP contribution < -0.4 is 4.89 Å². The summed E-state index contributed by atoms with van der Waals surface area (Å²) in [6.45, 7) is 4.33. The minimum absolute atomic E-state index is 0.0249. The molecule has 0 saturated carbocycles. The van der Waals surface area contributed by atoms with Gasteiger partial charge in [0.25, 0.3) is 7.82 Å². The first kappa shape index (κ1) is 82.0. The first-order valence-corrected chi connectivity index (χ1v) is 38.7. The number of rotatable bonds is 71. The van der Waals surface area contributed by atoms with E-state index in [9.17, 15) is 19.0 Å². The van der Waals surface area contributed by atoms with E-state index in [1.807, 2.05) is 21.1 Å². The number of carbonyl (C=O) groups is 2. The number of likely N-dealkylation sites (N-methyl/N-ethyl adjacent to an activating group) is 1. The Kier molecular flexibility index (Phi) is 64.7. The topological polar surface area (TPSA) is 111 Å². The molecule has 0 fully saturated rings. The minimum atomic E-state index is -4.63. The van der Waals surface area contributed by atoms with Crippen molar-refractivity contribution in [3.8, 4) is 0 Å². The molecule has 0 aromatic heterocycles. The van der Waals surface area contributed by atoms with E-state index in [0.717, 1.165) is 32.1 Å². The molecule has 496 valence electrons. The lowest BCUT2D eigenvalue weighted by Gasteiger charge is -2.28. The summed E-state index contributed by atoms with van der Waals surface area (Å²) in [6, 6.07) is 0. The molecule has 0 aliphatic carbocycles. The van der Waals surface area contributed by atoms with E-state index in [0.29, 0.717) is 17.4 Å². The van der Waals surface area contributed by atoms with Gasteiger partial charge in [-0.05, 0) is 12.8 Å². The Hall–Kier alpha value is -0.990. The summed E-state index contributed by atoms with van der Waals surface area (Å²) in [7, 11) is 1.20. The molecule has 0 radical (unpaired) electrons. The summed E-state index contributed by atoms with van der Waals surface area (Å²) in [5.74, 6) is -0.805. The second-order valence-electron chi connectivity index (χ2n) is 27.0. The number of esters is 2. The quantitative estimate of drug-likeness (QED) is 0.0256. The highest BCUT2D eigenvalue weighted by molar-refractivity contribution is 7.45. The Morgan fingerprint density at radius 2 is 0.542 bits per heavy atom. The fourth-order valence-electron chi connectivity index (χ4n) is 11.7. The van der Waals surface area contributed by atoms with Crippen molar-refractivity contribution in [2.24, 2.45) is 0 Å². The van der Waals surface area contributed by atoms with Crippen LogP contribution in [0, 0.1) is 0 Å². The van der Waals surface area contributed by atoms with Gasteiger partial charge < -0.3 is 27.9 Å². The Balaban J connectivity index is 3.82. The maximum atomic E-state index is 12.9. The highest BCUT2D eigenvalue weighted by Crippen LogP contribution is 2.38. The first-order chi connectivity index (χ1) is 40.5. The standard InChI is InChI=1S/C73H146NO8P/c1-6-8-10-12-14-16-18-20-22-24-26-27-28-29-30-31-32-33-34-35-36-37-38-39-40-41-42-43-44-45-46-47-48-50-52-54-56-58-60-62-64-66-73(76)82-71(70-81-83(77,78)80-68-67-74(3,4)5)69-79-72(75)65-63-61-59-57-55-53-51-49-25-23-21-19-17-15-13-11-9-7-2/h71H,6-70H2,1-5H3. The van der Waals surface area contributed by atoms with Gasteiger partial charge in [0.15, 0.2) is 6.10 Å². The van der Waals surface area contributed by atoms with Gasteiger partial charge in [0.05, 0.1) is 27.7 Å².